The minimum absolute atomic E-state index is 0.0460. The summed E-state index contributed by atoms with van der Waals surface area (Å²) < 4.78 is 0. The summed E-state index contributed by atoms with van der Waals surface area (Å²) in [6.07, 6.45) is 4.70. The number of hydrogen-bond donors (Lipinski definition) is 2. The first-order valence-electron chi connectivity index (χ1n) is 8.70. The molecule has 0 radical (unpaired) electrons. The van der Waals surface area contributed by atoms with Gasteiger partial charge in [0, 0.05) is 31.7 Å². The van der Waals surface area contributed by atoms with Crippen molar-refractivity contribution < 1.29 is 9.90 Å². The molecule has 5 nitrogen and oxygen atoms in total. The van der Waals surface area contributed by atoms with Crippen LogP contribution in [0.1, 0.15) is 31.7 Å². The average molecular weight is 317 g/mol. The Balaban J connectivity index is 1.36. The van der Waals surface area contributed by atoms with Gasteiger partial charge in [-0.05, 0) is 50.4 Å². The molecule has 0 aliphatic carbocycles. The van der Waals surface area contributed by atoms with E-state index in [0.29, 0.717) is 18.6 Å². The maximum atomic E-state index is 12.1. The predicted octanol–water partition coefficient (Wildman–Crippen LogP) is 2.20. The lowest BCUT2D eigenvalue weighted by molar-refractivity contribution is 0.0170. The molecule has 126 valence electrons. The van der Waals surface area contributed by atoms with Gasteiger partial charge in [0.1, 0.15) is 5.75 Å². The molecular weight excluding hydrogens is 290 g/mol. The van der Waals surface area contributed by atoms with Crippen molar-refractivity contribution in [1.82, 2.24) is 15.1 Å². The number of benzene rings is 1. The topological polar surface area (TPSA) is 55.8 Å². The van der Waals surface area contributed by atoms with Crippen molar-refractivity contribution in [2.45, 2.75) is 44.7 Å². The second kappa shape index (κ2) is 7.21. The average Bonchev–Trinajstić information content (AvgIpc) is 2.50. The minimum Gasteiger partial charge on any atom is -0.508 e. The molecule has 1 aromatic rings. The fraction of sp³-hybridized carbons (Fsp3) is 0.611. The lowest BCUT2D eigenvalue weighted by atomic mass is 9.98. The third-order valence-corrected chi connectivity index (χ3v) is 5.10. The zero-order valence-corrected chi connectivity index (χ0v) is 13.9. The second-order valence-corrected chi connectivity index (χ2v) is 6.79. The highest BCUT2D eigenvalue weighted by atomic mass is 16.3. The SMILES string of the molecule is C[C@@H]1CCCCN1C1CN(C(=O)NCCc2ccc(O)cc2)C1. The highest BCUT2D eigenvalue weighted by Gasteiger charge is 2.37. The van der Waals surface area contributed by atoms with Crippen LogP contribution in [-0.4, -0.2) is 59.2 Å². The fourth-order valence-corrected chi connectivity index (χ4v) is 3.58. The van der Waals surface area contributed by atoms with E-state index in [0.717, 1.165) is 25.1 Å². The van der Waals surface area contributed by atoms with E-state index in [-0.39, 0.29) is 11.8 Å². The molecule has 2 saturated heterocycles. The number of nitrogens with zero attached hydrogens (tertiary/aromatic N) is 2. The van der Waals surface area contributed by atoms with Crippen LogP contribution in [0.3, 0.4) is 0 Å². The van der Waals surface area contributed by atoms with Gasteiger partial charge in [0.2, 0.25) is 0 Å². The zero-order chi connectivity index (χ0) is 16.2. The van der Waals surface area contributed by atoms with Crippen LogP contribution >= 0.6 is 0 Å². The Morgan fingerprint density at radius 3 is 2.70 bits per heavy atom. The number of rotatable bonds is 4. The molecule has 5 heteroatoms. The molecule has 0 spiro atoms. The molecule has 1 aromatic carbocycles. The number of phenols is 1. The second-order valence-electron chi connectivity index (χ2n) is 6.79. The van der Waals surface area contributed by atoms with E-state index in [9.17, 15) is 9.90 Å². The van der Waals surface area contributed by atoms with E-state index in [1.807, 2.05) is 17.0 Å². The number of carbonyl (C=O) groups excluding carboxylic acids is 1. The van der Waals surface area contributed by atoms with Gasteiger partial charge in [-0.1, -0.05) is 18.6 Å². The Morgan fingerprint density at radius 1 is 1.26 bits per heavy atom. The number of amides is 2. The molecule has 23 heavy (non-hydrogen) atoms. The largest absolute Gasteiger partial charge is 0.508 e. The Hall–Kier alpha value is -1.75. The zero-order valence-electron chi connectivity index (χ0n) is 13.9. The van der Waals surface area contributed by atoms with E-state index >= 15 is 0 Å². The normalized spacial score (nSPS) is 22.7. The molecule has 0 saturated carbocycles. The third kappa shape index (κ3) is 3.96. The van der Waals surface area contributed by atoms with Gasteiger partial charge in [-0.25, -0.2) is 4.79 Å². The van der Waals surface area contributed by atoms with Gasteiger partial charge < -0.3 is 15.3 Å². The van der Waals surface area contributed by atoms with Gasteiger partial charge in [-0.2, -0.15) is 0 Å². The first-order valence-corrected chi connectivity index (χ1v) is 8.70. The van der Waals surface area contributed by atoms with Crippen molar-refractivity contribution in [2.24, 2.45) is 0 Å². The Kier molecular flexibility index (Phi) is 5.06. The van der Waals surface area contributed by atoms with Crippen LogP contribution in [0.2, 0.25) is 0 Å². The highest BCUT2D eigenvalue weighted by Crippen LogP contribution is 2.24. The number of nitrogens with one attached hydrogen (secondary N) is 1. The van der Waals surface area contributed by atoms with Crippen LogP contribution in [-0.2, 0) is 6.42 Å². The summed E-state index contributed by atoms with van der Waals surface area (Å²) in [4.78, 5) is 16.6. The van der Waals surface area contributed by atoms with E-state index in [4.69, 9.17) is 0 Å². The molecule has 2 amide bonds. The van der Waals surface area contributed by atoms with Crippen molar-refractivity contribution in [2.75, 3.05) is 26.2 Å². The number of carbonyl (C=O) groups is 1. The number of piperidine rings is 1. The van der Waals surface area contributed by atoms with Gasteiger partial charge in [0.25, 0.3) is 0 Å². The Morgan fingerprint density at radius 2 is 2.00 bits per heavy atom. The number of phenolic OH excluding ortho intramolecular Hbond substituents is 1. The molecule has 0 aromatic heterocycles. The summed E-state index contributed by atoms with van der Waals surface area (Å²) in [5.41, 5.74) is 1.12. The van der Waals surface area contributed by atoms with Gasteiger partial charge in [0.05, 0.1) is 0 Å². The smallest absolute Gasteiger partial charge is 0.317 e. The number of urea groups is 1. The van der Waals surface area contributed by atoms with Gasteiger partial charge >= 0.3 is 6.03 Å². The predicted molar refractivity (Wildman–Crippen MR) is 90.6 cm³/mol. The fourth-order valence-electron chi connectivity index (χ4n) is 3.58. The lowest BCUT2D eigenvalue weighted by Crippen LogP contribution is -2.65. The maximum Gasteiger partial charge on any atom is 0.317 e. The molecule has 3 rings (SSSR count). The molecule has 2 aliphatic rings. The molecule has 2 N–H and O–H groups in total. The third-order valence-electron chi connectivity index (χ3n) is 5.10. The number of aromatic hydroxyl groups is 1. The Bertz CT molecular complexity index is 526. The molecule has 2 aliphatic heterocycles. The quantitative estimate of drug-likeness (QED) is 0.895. The van der Waals surface area contributed by atoms with E-state index in [1.54, 1.807) is 12.1 Å². The first kappa shape index (κ1) is 16.1. The van der Waals surface area contributed by atoms with Crippen molar-refractivity contribution >= 4 is 6.03 Å². The van der Waals surface area contributed by atoms with E-state index in [1.165, 1.54) is 25.8 Å². The number of likely N-dealkylation sites (tertiary alicyclic amines) is 2. The molecule has 0 bridgehead atoms. The Labute approximate surface area is 138 Å². The molecular formula is C18H27N3O2. The van der Waals surface area contributed by atoms with Crippen molar-refractivity contribution in [3.05, 3.63) is 29.8 Å². The standard InChI is InChI=1S/C18H27N3O2/c1-14-4-2-3-11-21(14)16-12-20(13-16)18(23)19-10-9-15-5-7-17(22)8-6-15/h5-8,14,16,22H,2-4,9-13H2,1H3,(H,19,23)/t14-/m1/s1. The van der Waals surface area contributed by atoms with Crippen LogP contribution in [0.4, 0.5) is 4.79 Å². The van der Waals surface area contributed by atoms with Crippen LogP contribution in [0.25, 0.3) is 0 Å². The van der Waals surface area contributed by atoms with Gasteiger partial charge in [0.15, 0.2) is 0 Å². The summed E-state index contributed by atoms with van der Waals surface area (Å²) in [7, 11) is 0. The van der Waals surface area contributed by atoms with Crippen molar-refractivity contribution in [1.29, 1.82) is 0 Å². The number of hydrogen-bond acceptors (Lipinski definition) is 3. The lowest BCUT2D eigenvalue weighted by Gasteiger charge is -2.49. The molecule has 2 heterocycles. The summed E-state index contributed by atoms with van der Waals surface area (Å²) in [6, 6.07) is 8.39. The summed E-state index contributed by atoms with van der Waals surface area (Å²) in [5, 5.41) is 12.2. The maximum absolute atomic E-state index is 12.1. The van der Waals surface area contributed by atoms with E-state index < -0.39 is 0 Å². The van der Waals surface area contributed by atoms with E-state index in [2.05, 4.69) is 17.1 Å². The van der Waals surface area contributed by atoms with Crippen LogP contribution in [0, 0.1) is 0 Å². The minimum atomic E-state index is 0.0460. The first-order chi connectivity index (χ1) is 11.1. The van der Waals surface area contributed by atoms with Gasteiger partial charge in [-0.3, -0.25) is 4.90 Å². The van der Waals surface area contributed by atoms with Crippen molar-refractivity contribution in [3.63, 3.8) is 0 Å². The van der Waals surface area contributed by atoms with Crippen molar-refractivity contribution in [3.8, 4) is 5.75 Å². The summed E-state index contributed by atoms with van der Waals surface area (Å²) in [6.45, 7) is 5.83. The molecule has 1 atom stereocenters. The van der Waals surface area contributed by atoms with Crippen LogP contribution in [0.5, 0.6) is 5.75 Å². The van der Waals surface area contributed by atoms with Crippen LogP contribution in [0.15, 0.2) is 24.3 Å². The monoisotopic (exact) mass is 317 g/mol. The van der Waals surface area contributed by atoms with Crippen LogP contribution < -0.4 is 5.32 Å². The summed E-state index contributed by atoms with van der Waals surface area (Å²) >= 11 is 0. The molecule has 0 unspecified atom stereocenters. The molecule has 2 fully saturated rings. The van der Waals surface area contributed by atoms with Gasteiger partial charge in [-0.15, -0.1) is 0 Å². The summed E-state index contributed by atoms with van der Waals surface area (Å²) in [5.74, 6) is 0.274. The highest BCUT2D eigenvalue weighted by molar-refractivity contribution is 5.75.